The van der Waals surface area contributed by atoms with Crippen molar-refractivity contribution in [2.75, 3.05) is 20.8 Å². The molecule has 2 heterocycles. The fraction of sp³-hybridized carbons (Fsp3) is 0.833. The van der Waals surface area contributed by atoms with E-state index in [0.717, 1.165) is 24.2 Å². The number of Topliss-reactive ketones (excluding diaryl/α,β-unsaturated/α-hetero) is 2. The highest BCUT2D eigenvalue weighted by atomic mass is 35.5. The molecule has 2 saturated carbocycles. The number of alkyl halides is 1. The van der Waals surface area contributed by atoms with Gasteiger partial charge in [0.1, 0.15) is 5.76 Å². The normalized spacial score (nSPS) is 45.7. The topological polar surface area (TPSA) is 71.1 Å². The second-order valence-corrected chi connectivity index (χ2v) is 10.5. The molecular formula is C24H33ClO6. The zero-order valence-corrected chi connectivity index (χ0v) is 19.4. The number of methoxy groups -OCH3 is 2. The summed E-state index contributed by atoms with van der Waals surface area (Å²) < 4.78 is 23.7. The van der Waals surface area contributed by atoms with Crippen LogP contribution in [0.1, 0.15) is 51.9 Å². The SMILES string of the molecule is COC1CC(OC)C2C(=O)[C@@]3(OC2C1Cl)C(=O)C1=C(C[C@H]3C)OC[C@H]1C1CCCCC1. The Morgan fingerprint density at radius 2 is 1.77 bits per heavy atom. The average molecular weight is 453 g/mol. The lowest BCUT2D eigenvalue weighted by atomic mass is 9.65. The van der Waals surface area contributed by atoms with Crippen molar-refractivity contribution < 1.29 is 28.5 Å². The lowest BCUT2D eigenvalue weighted by molar-refractivity contribution is -0.159. The van der Waals surface area contributed by atoms with Crippen LogP contribution >= 0.6 is 11.6 Å². The molecule has 1 saturated heterocycles. The van der Waals surface area contributed by atoms with E-state index in [4.69, 9.17) is 30.5 Å². The van der Waals surface area contributed by atoms with E-state index in [2.05, 4.69) is 0 Å². The quantitative estimate of drug-likeness (QED) is 0.482. The maximum Gasteiger partial charge on any atom is 0.202 e. The molecule has 3 fully saturated rings. The molecule has 5 aliphatic rings. The Morgan fingerprint density at radius 1 is 1.06 bits per heavy atom. The predicted octanol–water partition coefficient (Wildman–Crippen LogP) is 3.44. The number of hydrogen-bond acceptors (Lipinski definition) is 6. The van der Waals surface area contributed by atoms with Crippen molar-refractivity contribution in [2.24, 2.45) is 23.7 Å². The van der Waals surface area contributed by atoms with Crippen molar-refractivity contribution in [2.45, 2.75) is 81.2 Å². The number of ether oxygens (including phenoxy) is 4. The van der Waals surface area contributed by atoms with E-state index in [-0.39, 0.29) is 35.6 Å². The summed E-state index contributed by atoms with van der Waals surface area (Å²) in [5, 5.41) is -0.505. The predicted molar refractivity (Wildman–Crippen MR) is 114 cm³/mol. The Labute approximate surface area is 188 Å². The Morgan fingerprint density at radius 3 is 2.45 bits per heavy atom. The smallest absolute Gasteiger partial charge is 0.202 e. The Balaban J connectivity index is 1.51. The maximum atomic E-state index is 14.1. The Bertz CT molecular complexity index is 789. The van der Waals surface area contributed by atoms with Crippen molar-refractivity contribution in [1.29, 1.82) is 0 Å². The van der Waals surface area contributed by atoms with Crippen LogP contribution in [0.2, 0.25) is 0 Å². The number of halogens is 1. The van der Waals surface area contributed by atoms with Gasteiger partial charge in [0, 0.05) is 44.5 Å². The number of ketones is 2. The first-order valence-corrected chi connectivity index (χ1v) is 12.2. The van der Waals surface area contributed by atoms with Gasteiger partial charge in [0.05, 0.1) is 36.2 Å². The van der Waals surface area contributed by atoms with Crippen molar-refractivity contribution >= 4 is 23.2 Å². The number of fused-ring (bicyclic) bond motifs is 1. The molecule has 6 nitrogen and oxygen atoms in total. The van der Waals surface area contributed by atoms with Crippen molar-refractivity contribution in [3.8, 4) is 0 Å². The molecule has 5 unspecified atom stereocenters. The van der Waals surface area contributed by atoms with Crippen molar-refractivity contribution in [3.05, 3.63) is 11.3 Å². The van der Waals surface area contributed by atoms with Gasteiger partial charge < -0.3 is 18.9 Å². The molecule has 3 aliphatic carbocycles. The van der Waals surface area contributed by atoms with Crippen LogP contribution in [0, 0.1) is 23.7 Å². The van der Waals surface area contributed by atoms with Gasteiger partial charge in [-0.25, -0.2) is 0 Å². The largest absolute Gasteiger partial charge is 0.497 e. The summed E-state index contributed by atoms with van der Waals surface area (Å²) in [4.78, 5) is 28.0. The standard InChI is InChI=1S/C24H33ClO6/c1-12-9-16-18(14(11-30-16)13-7-5-4-6-8-13)22(26)24(12)23(27)19-15(28-2)10-17(29-3)20(25)21(19)31-24/h12-15,17,19-21H,4-11H2,1-3H3/t12-,14+,15?,17?,19?,20?,21?,24+/m1/s1. The van der Waals surface area contributed by atoms with Crippen LogP contribution in [0.3, 0.4) is 0 Å². The van der Waals surface area contributed by atoms with Gasteiger partial charge in [0.15, 0.2) is 11.4 Å². The van der Waals surface area contributed by atoms with E-state index in [9.17, 15) is 9.59 Å². The zero-order valence-electron chi connectivity index (χ0n) is 18.6. The molecule has 8 atom stereocenters. The molecule has 0 amide bonds. The van der Waals surface area contributed by atoms with Crippen LogP contribution in [-0.4, -0.2) is 61.7 Å². The Kier molecular flexibility index (Phi) is 5.73. The lowest BCUT2D eigenvalue weighted by Gasteiger charge is -2.39. The van der Waals surface area contributed by atoms with E-state index in [1.807, 2.05) is 6.92 Å². The number of allylic oxidation sites excluding steroid dienone is 1. The molecule has 0 aromatic heterocycles. The monoisotopic (exact) mass is 452 g/mol. The van der Waals surface area contributed by atoms with Gasteiger partial charge >= 0.3 is 0 Å². The second kappa shape index (κ2) is 8.12. The molecular weight excluding hydrogens is 420 g/mol. The minimum Gasteiger partial charge on any atom is -0.497 e. The number of carbonyl (C=O) groups excluding carboxylic acids is 2. The molecule has 31 heavy (non-hydrogen) atoms. The van der Waals surface area contributed by atoms with Gasteiger partial charge in [0.2, 0.25) is 5.78 Å². The van der Waals surface area contributed by atoms with Crippen LogP contribution in [-0.2, 0) is 28.5 Å². The molecule has 1 spiro atoms. The minimum absolute atomic E-state index is 0.0722. The van der Waals surface area contributed by atoms with Crippen LogP contribution < -0.4 is 0 Å². The van der Waals surface area contributed by atoms with Gasteiger partial charge in [-0.3, -0.25) is 9.59 Å². The third-order valence-electron chi connectivity index (χ3n) is 8.58. The summed E-state index contributed by atoms with van der Waals surface area (Å²) in [7, 11) is 3.20. The van der Waals surface area contributed by atoms with Crippen molar-refractivity contribution in [1.82, 2.24) is 0 Å². The molecule has 7 heteroatoms. The molecule has 172 valence electrons. The average Bonchev–Trinajstić information content (AvgIpc) is 3.34. The molecule has 0 radical (unpaired) electrons. The van der Waals surface area contributed by atoms with Crippen LogP contribution in [0.5, 0.6) is 0 Å². The number of hydrogen-bond donors (Lipinski definition) is 0. The molecule has 0 N–H and O–H groups in total. The highest BCUT2D eigenvalue weighted by Gasteiger charge is 2.69. The second-order valence-electron chi connectivity index (χ2n) is 10.0. The Hall–Kier alpha value is -0.950. The van der Waals surface area contributed by atoms with E-state index in [1.165, 1.54) is 19.3 Å². The third kappa shape index (κ3) is 3.08. The van der Waals surface area contributed by atoms with Gasteiger partial charge in [-0.1, -0.05) is 26.2 Å². The first-order chi connectivity index (χ1) is 14.9. The van der Waals surface area contributed by atoms with Crippen LogP contribution in [0.25, 0.3) is 0 Å². The van der Waals surface area contributed by atoms with Gasteiger partial charge in [-0.15, -0.1) is 11.6 Å². The fourth-order valence-electron chi connectivity index (χ4n) is 6.87. The molecule has 0 bridgehead atoms. The number of rotatable bonds is 3. The van der Waals surface area contributed by atoms with Crippen LogP contribution in [0.4, 0.5) is 0 Å². The van der Waals surface area contributed by atoms with E-state index in [1.54, 1.807) is 14.2 Å². The highest BCUT2D eigenvalue weighted by molar-refractivity contribution is 6.24. The minimum atomic E-state index is -1.48. The zero-order chi connectivity index (χ0) is 21.9. The highest BCUT2D eigenvalue weighted by Crippen LogP contribution is 2.54. The molecule has 0 aromatic rings. The lowest BCUT2D eigenvalue weighted by Crippen LogP contribution is -2.55. The first kappa shape index (κ1) is 21.9. The summed E-state index contributed by atoms with van der Waals surface area (Å²) in [6.07, 6.45) is 5.68. The summed E-state index contributed by atoms with van der Waals surface area (Å²) in [5.74, 6) is 0.102. The van der Waals surface area contributed by atoms with E-state index in [0.29, 0.717) is 25.4 Å². The van der Waals surface area contributed by atoms with Gasteiger partial charge in [-0.05, 0) is 18.8 Å². The number of carbonyl (C=O) groups is 2. The summed E-state index contributed by atoms with van der Waals surface area (Å²) in [5.41, 5.74) is -0.762. The van der Waals surface area contributed by atoms with Crippen molar-refractivity contribution in [3.63, 3.8) is 0 Å². The van der Waals surface area contributed by atoms with E-state index < -0.39 is 23.0 Å². The maximum absolute atomic E-state index is 14.1. The van der Waals surface area contributed by atoms with Gasteiger partial charge in [-0.2, -0.15) is 0 Å². The first-order valence-electron chi connectivity index (χ1n) is 11.8. The van der Waals surface area contributed by atoms with Gasteiger partial charge in [0.25, 0.3) is 0 Å². The summed E-state index contributed by atoms with van der Waals surface area (Å²) >= 11 is 6.73. The summed E-state index contributed by atoms with van der Waals surface area (Å²) in [6, 6.07) is 0. The van der Waals surface area contributed by atoms with Crippen LogP contribution in [0.15, 0.2) is 11.3 Å². The third-order valence-corrected chi connectivity index (χ3v) is 9.11. The molecule has 5 rings (SSSR count). The molecule has 2 aliphatic heterocycles. The van der Waals surface area contributed by atoms with E-state index >= 15 is 0 Å². The summed E-state index contributed by atoms with van der Waals surface area (Å²) in [6.45, 7) is 2.47. The molecule has 0 aromatic carbocycles. The fourth-order valence-corrected chi connectivity index (χ4v) is 7.29.